The summed E-state index contributed by atoms with van der Waals surface area (Å²) in [5, 5.41) is 10.3. The number of piperidine rings is 1. The molecule has 0 unspecified atom stereocenters. The summed E-state index contributed by atoms with van der Waals surface area (Å²) in [6, 6.07) is 6.70. The molecule has 2 aromatic rings. The second-order valence-corrected chi connectivity index (χ2v) is 7.42. The van der Waals surface area contributed by atoms with Crippen LogP contribution < -0.4 is 10.6 Å². The molecular formula is C20H27FN4O2. The Bertz CT molecular complexity index is 745. The zero-order valence-electron chi connectivity index (χ0n) is 15.9. The highest BCUT2D eigenvalue weighted by molar-refractivity contribution is 5.76. The number of amides is 1. The Kier molecular flexibility index (Phi) is 6.55. The topological polar surface area (TPSA) is 80.0 Å². The van der Waals surface area contributed by atoms with Gasteiger partial charge in [-0.15, -0.1) is 0 Å². The SMILES string of the molecule is CC(C)c1noc(CCC(=O)NC[C@@H]2CNCC[C@@H]2c2ccc(F)cc2)n1. The molecule has 0 radical (unpaired) electrons. The molecule has 1 aromatic heterocycles. The molecular weight excluding hydrogens is 347 g/mol. The molecule has 27 heavy (non-hydrogen) atoms. The highest BCUT2D eigenvalue weighted by Gasteiger charge is 2.26. The smallest absolute Gasteiger partial charge is 0.227 e. The summed E-state index contributed by atoms with van der Waals surface area (Å²) in [6.45, 7) is 6.36. The monoisotopic (exact) mass is 374 g/mol. The fourth-order valence-electron chi connectivity index (χ4n) is 3.44. The van der Waals surface area contributed by atoms with Crippen LogP contribution >= 0.6 is 0 Å². The fourth-order valence-corrected chi connectivity index (χ4v) is 3.44. The Labute approximate surface area is 158 Å². The van der Waals surface area contributed by atoms with Crippen molar-refractivity contribution in [2.45, 2.75) is 44.9 Å². The first-order valence-electron chi connectivity index (χ1n) is 9.58. The summed E-state index contributed by atoms with van der Waals surface area (Å²) < 4.78 is 18.4. The van der Waals surface area contributed by atoms with Gasteiger partial charge in [-0.2, -0.15) is 4.98 Å². The van der Waals surface area contributed by atoms with Crippen LogP contribution in [-0.2, 0) is 11.2 Å². The third kappa shape index (κ3) is 5.35. The van der Waals surface area contributed by atoms with E-state index < -0.39 is 0 Å². The quantitative estimate of drug-likeness (QED) is 0.779. The molecule has 2 N–H and O–H groups in total. The molecule has 0 saturated carbocycles. The van der Waals surface area contributed by atoms with Crippen LogP contribution in [0.3, 0.4) is 0 Å². The number of benzene rings is 1. The van der Waals surface area contributed by atoms with Crippen molar-refractivity contribution in [1.29, 1.82) is 0 Å². The summed E-state index contributed by atoms with van der Waals surface area (Å²) in [6.07, 6.45) is 1.74. The van der Waals surface area contributed by atoms with E-state index in [-0.39, 0.29) is 23.6 Å². The fraction of sp³-hybridized carbons (Fsp3) is 0.550. The number of hydrogen-bond acceptors (Lipinski definition) is 5. The van der Waals surface area contributed by atoms with E-state index in [0.29, 0.717) is 37.0 Å². The van der Waals surface area contributed by atoms with E-state index in [9.17, 15) is 9.18 Å². The van der Waals surface area contributed by atoms with Crippen molar-refractivity contribution >= 4 is 5.91 Å². The molecule has 2 atom stereocenters. The lowest BCUT2D eigenvalue weighted by atomic mass is 9.81. The van der Waals surface area contributed by atoms with Crippen molar-refractivity contribution in [3.8, 4) is 0 Å². The molecule has 1 aromatic carbocycles. The molecule has 2 heterocycles. The number of halogens is 1. The van der Waals surface area contributed by atoms with Gasteiger partial charge < -0.3 is 15.2 Å². The Morgan fingerprint density at radius 1 is 1.37 bits per heavy atom. The molecule has 1 fully saturated rings. The molecule has 146 valence electrons. The predicted molar refractivity (Wildman–Crippen MR) is 99.8 cm³/mol. The number of aromatic nitrogens is 2. The van der Waals surface area contributed by atoms with Crippen molar-refractivity contribution in [1.82, 2.24) is 20.8 Å². The first kappa shape index (κ1) is 19.5. The van der Waals surface area contributed by atoms with Gasteiger partial charge in [-0.05, 0) is 42.5 Å². The Morgan fingerprint density at radius 3 is 2.85 bits per heavy atom. The van der Waals surface area contributed by atoms with Crippen molar-refractivity contribution in [3.63, 3.8) is 0 Å². The largest absolute Gasteiger partial charge is 0.356 e. The molecule has 3 rings (SSSR count). The molecule has 7 heteroatoms. The van der Waals surface area contributed by atoms with Crippen LogP contribution in [0.4, 0.5) is 4.39 Å². The maximum Gasteiger partial charge on any atom is 0.227 e. The summed E-state index contributed by atoms with van der Waals surface area (Å²) in [5.41, 5.74) is 1.13. The van der Waals surface area contributed by atoms with Gasteiger partial charge in [0.05, 0.1) is 0 Å². The van der Waals surface area contributed by atoms with Crippen LogP contribution in [0.2, 0.25) is 0 Å². The molecule has 1 amide bonds. The van der Waals surface area contributed by atoms with Crippen LogP contribution in [0.25, 0.3) is 0 Å². The lowest BCUT2D eigenvalue weighted by Gasteiger charge is -2.32. The van der Waals surface area contributed by atoms with E-state index in [1.807, 2.05) is 26.0 Å². The molecule has 0 spiro atoms. The first-order chi connectivity index (χ1) is 13.0. The zero-order chi connectivity index (χ0) is 19.2. The number of nitrogens with one attached hydrogen (secondary N) is 2. The van der Waals surface area contributed by atoms with E-state index in [1.165, 1.54) is 12.1 Å². The van der Waals surface area contributed by atoms with Gasteiger partial charge in [-0.3, -0.25) is 4.79 Å². The van der Waals surface area contributed by atoms with Gasteiger partial charge in [0.25, 0.3) is 0 Å². The number of carbonyl (C=O) groups is 1. The van der Waals surface area contributed by atoms with Crippen molar-refractivity contribution < 1.29 is 13.7 Å². The minimum Gasteiger partial charge on any atom is -0.356 e. The Hall–Kier alpha value is -2.28. The summed E-state index contributed by atoms with van der Waals surface area (Å²) in [4.78, 5) is 16.5. The number of rotatable bonds is 7. The highest BCUT2D eigenvalue weighted by Crippen LogP contribution is 2.30. The maximum absolute atomic E-state index is 13.2. The van der Waals surface area contributed by atoms with Gasteiger partial charge in [-0.1, -0.05) is 31.1 Å². The van der Waals surface area contributed by atoms with Gasteiger partial charge in [-0.25, -0.2) is 4.39 Å². The average molecular weight is 374 g/mol. The van der Waals surface area contributed by atoms with E-state index in [1.54, 1.807) is 0 Å². The van der Waals surface area contributed by atoms with Crippen LogP contribution in [-0.4, -0.2) is 35.7 Å². The van der Waals surface area contributed by atoms with Gasteiger partial charge in [0, 0.05) is 31.8 Å². The molecule has 0 aliphatic carbocycles. The maximum atomic E-state index is 13.2. The van der Waals surface area contributed by atoms with E-state index in [4.69, 9.17) is 4.52 Å². The second kappa shape index (κ2) is 9.08. The zero-order valence-corrected chi connectivity index (χ0v) is 15.9. The molecule has 0 bridgehead atoms. The number of nitrogens with zero attached hydrogens (tertiary/aromatic N) is 2. The standard InChI is InChI=1S/C20H27FN4O2/c1-13(2)20-24-19(27-25-20)8-7-18(26)23-12-15-11-22-10-9-17(15)14-3-5-16(21)6-4-14/h3-6,13,15,17,22H,7-12H2,1-2H3,(H,23,26)/t15-,17+/m0/s1. The third-order valence-electron chi connectivity index (χ3n) is 5.03. The minimum atomic E-state index is -0.223. The van der Waals surface area contributed by atoms with Crippen molar-refractivity contribution in [2.75, 3.05) is 19.6 Å². The summed E-state index contributed by atoms with van der Waals surface area (Å²) in [5.74, 6) is 1.72. The van der Waals surface area contributed by atoms with Gasteiger partial charge in [0.1, 0.15) is 5.82 Å². The number of carbonyl (C=O) groups excluding carboxylic acids is 1. The lowest BCUT2D eigenvalue weighted by molar-refractivity contribution is -0.121. The number of hydrogen-bond donors (Lipinski definition) is 2. The summed E-state index contributed by atoms with van der Waals surface area (Å²) >= 11 is 0. The minimum absolute atomic E-state index is 0.0253. The number of aryl methyl sites for hydroxylation is 1. The van der Waals surface area contributed by atoms with Gasteiger partial charge in [0.2, 0.25) is 11.8 Å². The first-order valence-corrected chi connectivity index (χ1v) is 9.58. The summed E-state index contributed by atoms with van der Waals surface area (Å²) in [7, 11) is 0. The Balaban J connectivity index is 1.49. The average Bonchev–Trinajstić information content (AvgIpc) is 3.15. The van der Waals surface area contributed by atoms with Gasteiger partial charge >= 0.3 is 0 Å². The molecule has 1 saturated heterocycles. The van der Waals surface area contributed by atoms with E-state index in [2.05, 4.69) is 20.8 Å². The normalized spacial score (nSPS) is 20.0. The van der Waals surface area contributed by atoms with Crippen LogP contribution in [0, 0.1) is 11.7 Å². The van der Waals surface area contributed by atoms with Gasteiger partial charge in [0.15, 0.2) is 5.82 Å². The highest BCUT2D eigenvalue weighted by atomic mass is 19.1. The molecule has 1 aliphatic heterocycles. The van der Waals surface area contributed by atoms with Crippen LogP contribution in [0.15, 0.2) is 28.8 Å². The third-order valence-corrected chi connectivity index (χ3v) is 5.03. The van der Waals surface area contributed by atoms with Crippen molar-refractivity contribution in [3.05, 3.63) is 47.4 Å². The molecule has 6 nitrogen and oxygen atoms in total. The van der Waals surface area contributed by atoms with Crippen molar-refractivity contribution in [2.24, 2.45) is 5.92 Å². The second-order valence-electron chi connectivity index (χ2n) is 7.42. The molecule has 1 aliphatic rings. The predicted octanol–water partition coefficient (Wildman–Crippen LogP) is 2.77. The Morgan fingerprint density at radius 2 is 2.15 bits per heavy atom. The van der Waals surface area contributed by atoms with Crippen LogP contribution in [0.1, 0.15) is 55.8 Å². The van der Waals surface area contributed by atoms with E-state index in [0.717, 1.165) is 25.1 Å². The lowest BCUT2D eigenvalue weighted by Crippen LogP contribution is -2.42. The van der Waals surface area contributed by atoms with Crippen LogP contribution in [0.5, 0.6) is 0 Å². The van der Waals surface area contributed by atoms with E-state index >= 15 is 0 Å².